The summed E-state index contributed by atoms with van der Waals surface area (Å²) in [4.78, 5) is 5.21. The molecule has 3 heteroatoms. The van der Waals surface area contributed by atoms with Crippen molar-refractivity contribution in [2.24, 2.45) is 0 Å². The molecule has 0 bridgehead atoms. The first-order chi connectivity index (χ1) is 6.98. The highest BCUT2D eigenvalue weighted by molar-refractivity contribution is 4.90. The van der Waals surface area contributed by atoms with Gasteiger partial charge in [0.15, 0.2) is 0 Å². The van der Waals surface area contributed by atoms with Crippen LogP contribution in [0.25, 0.3) is 0 Å². The highest BCUT2D eigenvalue weighted by atomic mass is 16.5. The molecule has 0 N–H and O–H groups in total. The average Bonchev–Trinajstić information content (AvgIpc) is 2.03. The van der Waals surface area contributed by atoms with Gasteiger partial charge in [-0.1, -0.05) is 0 Å². The maximum absolute atomic E-state index is 5.28. The minimum absolute atomic E-state index is 0.316. The van der Waals surface area contributed by atoms with E-state index in [-0.39, 0.29) is 0 Å². The lowest BCUT2D eigenvalue weighted by molar-refractivity contribution is -0.101. The standard InChI is InChI=1S/C12H24N2O/c1-10-7-13(12(2,3)4)5-6-14(10)11-8-15-9-11/h10-11H,5-9H2,1-4H3. The zero-order valence-corrected chi connectivity index (χ0v) is 10.5. The largest absolute Gasteiger partial charge is 0.378 e. The minimum atomic E-state index is 0.316. The lowest BCUT2D eigenvalue weighted by Gasteiger charge is -2.50. The molecule has 2 aliphatic rings. The molecule has 0 aromatic heterocycles. The predicted molar refractivity (Wildman–Crippen MR) is 62.1 cm³/mol. The van der Waals surface area contributed by atoms with Gasteiger partial charge in [-0.25, -0.2) is 0 Å². The second-order valence-corrected chi connectivity index (χ2v) is 5.89. The summed E-state index contributed by atoms with van der Waals surface area (Å²) >= 11 is 0. The summed E-state index contributed by atoms with van der Waals surface area (Å²) < 4.78 is 5.28. The van der Waals surface area contributed by atoms with Gasteiger partial charge in [0, 0.05) is 31.2 Å². The summed E-state index contributed by atoms with van der Waals surface area (Å²) in [7, 11) is 0. The van der Waals surface area contributed by atoms with Gasteiger partial charge in [0.25, 0.3) is 0 Å². The van der Waals surface area contributed by atoms with Gasteiger partial charge in [-0.05, 0) is 27.7 Å². The van der Waals surface area contributed by atoms with Crippen molar-refractivity contribution in [1.29, 1.82) is 0 Å². The van der Waals surface area contributed by atoms with Gasteiger partial charge < -0.3 is 4.74 Å². The third-order valence-electron chi connectivity index (χ3n) is 3.72. The van der Waals surface area contributed by atoms with Crippen LogP contribution in [0.5, 0.6) is 0 Å². The SMILES string of the molecule is CC1CN(C(C)(C)C)CCN1C1COC1. The van der Waals surface area contributed by atoms with Crippen LogP contribution >= 0.6 is 0 Å². The molecule has 1 atom stereocenters. The molecule has 0 aromatic carbocycles. The van der Waals surface area contributed by atoms with Crippen molar-refractivity contribution < 1.29 is 4.74 Å². The normalized spacial score (nSPS) is 31.6. The molecule has 0 aliphatic carbocycles. The Hall–Kier alpha value is -0.120. The highest BCUT2D eigenvalue weighted by Crippen LogP contribution is 2.22. The Labute approximate surface area is 93.4 Å². The van der Waals surface area contributed by atoms with E-state index < -0.39 is 0 Å². The first-order valence-corrected chi connectivity index (χ1v) is 6.07. The van der Waals surface area contributed by atoms with Crippen LogP contribution in [0, 0.1) is 0 Å². The molecular weight excluding hydrogens is 188 g/mol. The fourth-order valence-electron chi connectivity index (χ4n) is 2.54. The molecule has 2 aliphatic heterocycles. The average molecular weight is 212 g/mol. The molecule has 3 nitrogen and oxygen atoms in total. The molecule has 2 fully saturated rings. The summed E-state index contributed by atoms with van der Waals surface area (Å²) in [5, 5.41) is 0. The van der Waals surface area contributed by atoms with Crippen molar-refractivity contribution in [2.45, 2.75) is 45.3 Å². The van der Waals surface area contributed by atoms with Crippen molar-refractivity contribution in [2.75, 3.05) is 32.8 Å². The number of hydrogen-bond acceptors (Lipinski definition) is 3. The molecule has 1 unspecified atom stereocenters. The molecule has 2 rings (SSSR count). The fraction of sp³-hybridized carbons (Fsp3) is 1.00. The van der Waals surface area contributed by atoms with Gasteiger partial charge >= 0.3 is 0 Å². The van der Waals surface area contributed by atoms with Crippen LogP contribution in [0.15, 0.2) is 0 Å². The van der Waals surface area contributed by atoms with Gasteiger partial charge in [0.05, 0.1) is 19.3 Å². The Morgan fingerprint density at radius 1 is 1.13 bits per heavy atom. The van der Waals surface area contributed by atoms with Crippen molar-refractivity contribution >= 4 is 0 Å². The smallest absolute Gasteiger partial charge is 0.0645 e. The number of rotatable bonds is 1. The van der Waals surface area contributed by atoms with Crippen molar-refractivity contribution in [3.8, 4) is 0 Å². The quantitative estimate of drug-likeness (QED) is 0.649. The number of hydrogen-bond donors (Lipinski definition) is 0. The fourth-order valence-corrected chi connectivity index (χ4v) is 2.54. The van der Waals surface area contributed by atoms with Crippen LogP contribution in [0.3, 0.4) is 0 Å². The van der Waals surface area contributed by atoms with Crippen LogP contribution in [-0.4, -0.2) is 60.3 Å². The van der Waals surface area contributed by atoms with E-state index in [1.54, 1.807) is 0 Å². The van der Waals surface area contributed by atoms with E-state index in [0.717, 1.165) is 13.2 Å². The maximum atomic E-state index is 5.28. The van der Waals surface area contributed by atoms with Crippen molar-refractivity contribution in [3.63, 3.8) is 0 Å². The first kappa shape index (κ1) is 11.4. The maximum Gasteiger partial charge on any atom is 0.0645 e. The molecule has 2 saturated heterocycles. The Morgan fingerprint density at radius 2 is 1.80 bits per heavy atom. The number of nitrogens with zero attached hydrogens (tertiary/aromatic N) is 2. The van der Waals surface area contributed by atoms with Crippen LogP contribution in [0.4, 0.5) is 0 Å². The molecular formula is C12H24N2O. The summed E-state index contributed by atoms with van der Waals surface area (Å²) in [6.07, 6.45) is 0. The Balaban J connectivity index is 1.90. The molecule has 0 aromatic rings. The molecule has 88 valence electrons. The summed E-state index contributed by atoms with van der Waals surface area (Å²) in [5.41, 5.74) is 0.316. The van der Waals surface area contributed by atoms with Gasteiger partial charge in [-0.2, -0.15) is 0 Å². The van der Waals surface area contributed by atoms with Crippen LogP contribution in [-0.2, 0) is 4.74 Å². The monoisotopic (exact) mass is 212 g/mol. The topological polar surface area (TPSA) is 15.7 Å². The van der Waals surface area contributed by atoms with E-state index in [0.29, 0.717) is 17.6 Å². The van der Waals surface area contributed by atoms with E-state index >= 15 is 0 Å². The molecule has 0 radical (unpaired) electrons. The lowest BCUT2D eigenvalue weighted by atomic mass is 10.0. The number of piperazine rings is 1. The highest BCUT2D eigenvalue weighted by Gasteiger charge is 2.35. The predicted octanol–water partition coefficient (Wildman–Crippen LogP) is 1.19. The molecule has 0 saturated carbocycles. The van der Waals surface area contributed by atoms with Gasteiger partial charge in [0.1, 0.15) is 0 Å². The zero-order valence-electron chi connectivity index (χ0n) is 10.5. The van der Waals surface area contributed by atoms with E-state index in [1.807, 2.05) is 0 Å². The van der Waals surface area contributed by atoms with Crippen LogP contribution in [0.1, 0.15) is 27.7 Å². The third-order valence-corrected chi connectivity index (χ3v) is 3.72. The second-order valence-electron chi connectivity index (χ2n) is 5.89. The molecule has 0 spiro atoms. The van der Waals surface area contributed by atoms with E-state index in [4.69, 9.17) is 4.74 Å². The summed E-state index contributed by atoms with van der Waals surface area (Å²) in [6, 6.07) is 1.37. The Morgan fingerprint density at radius 3 is 2.20 bits per heavy atom. The van der Waals surface area contributed by atoms with Gasteiger partial charge in [-0.3, -0.25) is 9.80 Å². The van der Waals surface area contributed by atoms with Crippen LogP contribution in [0.2, 0.25) is 0 Å². The summed E-state index contributed by atoms with van der Waals surface area (Å²) in [6.45, 7) is 14.7. The zero-order chi connectivity index (χ0) is 11.1. The molecule has 0 amide bonds. The van der Waals surface area contributed by atoms with E-state index in [9.17, 15) is 0 Å². The Kier molecular flexibility index (Phi) is 3.06. The number of ether oxygens (including phenoxy) is 1. The molecule has 15 heavy (non-hydrogen) atoms. The van der Waals surface area contributed by atoms with Gasteiger partial charge in [-0.15, -0.1) is 0 Å². The van der Waals surface area contributed by atoms with Crippen molar-refractivity contribution in [1.82, 2.24) is 9.80 Å². The lowest BCUT2D eigenvalue weighted by Crippen LogP contribution is -2.63. The second kappa shape index (κ2) is 4.04. The van der Waals surface area contributed by atoms with Gasteiger partial charge in [0.2, 0.25) is 0 Å². The summed E-state index contributed by atoms with van der Waals surface area (Å²) in [5.74, 6) is 0. The minimum Gasteiger partial charge on any atom is -0.378 e. The van der Waals surface area contributed by atoms with Crippen LogP contribution < -0.4 is 0 Å². The van der Waals surface area contributed by atoms with E-state index in [2.05, 4.69) is 37.5 Å². The van der Waals surface area contributed by atoms with E-state index in [1.165, 1.54) is 19.6 Å². The molecule has 2 heterocycles. The van der Waals surface area contributed by atoms with Crippen molar-refractivity contribution in [3.05, 3.63) is 0 Å². The third kappa shape index (κ3) is 2.35. The first-order valence-electron chi connectivity index (χ1n) is 6.07. The Bertz CT molecular complexity index is 220.